The highest BCUT2D eigenvalue weighted by molar-refractivity contribution is 7.17. The Morgan fingerprint density at radius 3 is 2.52 bits per heavy atom. The molecular formula is C21H19N3S. The zero-order valence-electron chi connectivity index (χ0n) is 13.9. The molecule has 3 nitrogen and oxygen atoms in total. The first-order chi connectivity index (χ1) is 12.4. The van der Waals surface area contributed by atoms with Crippen molar-refractivity contribution in [1.82, 2.24) is 14.3 Å². The minimum atomic E-state index is 1.02. The lowest BCUT2D eigenvalue weighted by Gasteiger charge is -2.26. The van der Waals surface area contributed by atoms with Crippen molar-refractivity contribution in [3.05, 3.63) is 83.0 Å². The molecule has 0 saturated carbocycles. The fourth-order valence-electron chi connectivity index (χ4n) is 3.59. The monoisotopic (exact) mass is 345 g/mol. The molecule has 0 amide bonds. The Kier molecular flexibility index (Phi) is 3.65. The molecule has 2 aromatic carbocycles. The number of imidazole rings is 1. The molecule has 2 aromatic heterocycles. The summed E-state index contributed by atoms with van der Waals surface area (Å²) in [5, 5.41) is 0. The Labute approximate surface area is 151 Å². The lowest BCUT2D eigenvalue weighted by Crippen LogP contribution is -2.29. The normalized spacial score (nSPS) is 14.7. The molecule has 3 heterocycles. The molecule has 4 aromatic rings. The molecule has 0 atom stereocenters. The average Bonchev–Trinajstić information content (AvgIpc) is 3.21. The first kappa shape index (κ1) is 14.9. The zero-order chi connectivity index (χ0) is 16.6. The van der Waals surface area contributed by atoms with E-state index in [0.717, 1.165) is 36.7 Å². The third kappa shape index (κ3) is 2.77. The van der Waals surface area contributed by atoms with Gasteiger partial charge in [-0.05, 0) is 5.56 Å². The van der Waals surface area contributed by atoms with Crippen LogP contribution in [0.1, 0.15) is 16.1 Å². The molecule has 0 radical (unpaired) electrons. The topological polar surface area (TPSA) is 20.5 Å². The molecule has 0 bridgehead atoms. The van der Waals surface area contributed by atoms with Gasteiger partial charge >= 0.3 is 0 Å². The van der Waals surface area contributed by atoms with E-state index in [4.69, 9.17) is 4.98 Å². The van der Waals surface area contributed by atoms with E-state index in [9.17, 15) is 0 Å². The maximum Gasteiger partial charge on any atom is 0.194 e. The standard InChI is InChI=1S/C21H19N3S/c1-3-7-16(8-4-1)13-23-12-11-19-20(15-23)25-21-22-18(14-24(19)21)17-9-5-2-6-10-17/h1-10,14H,11-13,15H2. The van der Waals surface area contributed by atoms with E-state index in [2.05, 4.69) is 70.1 Å². The van der Waals surface area contributed by atoms with Crippen LogP contribution < -0.4 is 0 Å². The molecule has 1 aliphatic heterocycles. The molecule has 0 aliphatic carbocycles. The number of thiazole rings is 1. The van der Waals surface area contributed by atoms with Crippen molar-refractivity contribution in [1.29, 1.82) is 0 Å². The number of nitrogens with zero attached hydrogens (tertiary/aromatic N) is 3. The summed E-state index contributed by atoms with van der Waals surface area (Å²) in [6, 6.07) is 21.2. The molecule has 0 spiro atoms. The largest absolute Gasteiger partial charge is 0.294 e. The molecule has 124 valence electrons. The first-order valence-electron chi connectivity index (χ1n) is 8.68. The summed E-state index contributed by atoms with van der Waals surface area (Å²) >= 11 is 1.84. The van der Waals surface area contributed by atoms with Gasteiger partial charge < -0.3 is 0 Å². The van der Waals surface area contributed by atoms with Crippen LogP contribution in [0.5, 0.6) is 0 Å². The quantitative estimate of drug-likeness (QED) is 0.540. The van der Waals surface area contributed by atoms with E-state index < -0.39 is 0 Å². The Balaban J connectivity index is 1.42. The highest BCUT2D eigenvalue weighted by Crippen LogP contribution is 2.31. The van der Waals surface area contributed by atoms with E-state index in [1.807, 2.05) is 17.4 Å². The number of fused-ring (bicyclic) bond motifs is 3. The smallest absolute Gasteiger partial charge is 0.194 e. The highest BCUT2D eigenvalue weighted by atomic mass is 32.1. The molecule has 4 heteroatoms. The van der Waals surface area contributed by atoms with Gasteiger partial charge in [-0.2, -0.15) is 0 Å². The summed E-state index contributed by atoms with van der Waals surface area (Å²) in [7, 11) is 0. The van der Waals surface area contributed by atoms with Crippen molar-refractivity contribution in [3.63, 3.8) is 0 Å². The molecule has 0 saturated heterocycles. The van der Waals surface area contributed by atoms with E-state index in [-0.39, 0.29) is 0 Å². The van der Waals surface area contributed by atoms with Crippen LogP contribution in [-0.2, 0) is 19.5 Å². The van der Waals surface area contributed by atoms with E-state index in [0.29, 0.717) is 0 Å². The van der Waals surface area contributed by atoms with Crippen LogP contribution in [0.2, 0.25) is 0 Å². The van der Waals surface area contributed by atoms with Gasteiger partial charge in [0.25, 0.3) is 0 Å². The lowest BCUT2D eigenvalue weighted by atomic mass is 10.1. The predicted molar refractivity (Wildman–Crippen MR) is 103 cm³/mol. The van der Waals surface area contributed by atoms with E-state index in [1.165, 1.54) is 21.7 Å². The van der Waals surface area contributed by atoms with Crippen molar-refractivity contribution >= 4 is 16.3 Å². The SMILES string of the molecule is c1ccc(CN2CCc3c(sc4nc(-c5ccccc5)cn34)C2)cc1. The molecule has 5 rings (SSSR count). The Bertz CT molecular complexity index is 1000. The molecule has 1 aliphatic rings. The fourth-order valence-corrected chi connectivity index (χ4v) is 4.78. The van der Waals surface area contributed by atoms with Crippen molar-refractivity contribution in [2.75, 3.05) is 6.54 Å². The summed E-state index contributed by atoms with van der Waals surface area (Å²) in [5.41, 5.74) is 5.09. The highest BCUT2D eigenvalue weighted by Gasteiger charge is 2.22. The third-order valence-corrected chi connectivity index (χ3v) is 5.93. The van der Waals surface area contributed by atoms with Crippen molar-refractivity contribution in [2.24, 2.45) is 0 Å². The van der Waals surface area contributed by atoms with E-state index >= 15 is 0 Å². The van der Waals surface area contributed by atoms with Gasteiger partial charge in [-0.1, -0.05) is 72.0 Å². The average molecular weight is 345 g/mol. The van der Waals surface area contributed by atoms with Crippen LogP contribution in [0.4, 0.5) is 0 Å². The van der Waals surface area contributed by atoms with Crippen LogP contribution in [0.25, 0.3) is 16.2 Å². The number of hydrogen-bond donors (Lipinski definition) is 0. The molecular weight excluding hydrogens is 326 g/mol. The lowest BCUT2D eigenvalue weighted by molar-refractivity contribution is 0.246. The van der Waals surface area contributed by atoms with Gasteiger partial charge in [0, 0.05) is 48.4 Å². The summed E-state index contributed by atoms with van der Waals surface area (Å²) in [6.07, 6.45) is 3.29. The van der Waals surface area contributed by atoms with Crippen LogP contribution in [0, 0.1) is 0 Å². The Morgan fingerprint density at radius 2 is 1.72 bits per heavy atom. The van der Waals surface area contributed by atoms with Crippen molar-refractivity contribution in [2.45, 2.75) is 19.5 Å². The van der Waals surface area contributed by atoms with Gasteiger partial charge in [-0.15, -0.1) is 0 Å². The third-order valence-electron chi connectivity index (χ3n) is 4.85. The molecule has 0 N–H and O–H groups in total. The summed E-state index contributed by atoms with van der Waals surface area (Å²) < 4.78 is 2.31. The van der Waals surface area contributed by atoms with E-state index in [1.54, 1.807) is 0 Å². The molecule has 25 heavy (non-hydrogen) atoms. The van der Waals surface area contributed by atoms with Gasteiger partial charge in [-0.25, -0.2) is 4.98 Å². The number of hydrogen-bond acceptors (Lipinski definition) is 3. The maximum absolute atomic E-state index is 4.86. The molecule has 0 fully saturated rings. The fraction of sp³-hybridized carbons (Fsp3) is 0.190. The minimum absolute atomic E-state index is 1.02. The minimum Gasteiger partial charge on any atom is -0.294 e. The van der Waals surface area contributed by atoms with Crippen LogP contribution >= 0.6 is 11.3 Å². The van der Waals surface area contributed by atoms with Crippen LogP contribution in [0.15, 0.2) is 66.9 Å². The maximum atomic E-state index is 4.86. The van der Waals surface area contributed by atoms with Crippen LogP contribution in [0.3, 0.4) is 0 Å². The van der Waals surface area contributed by atoms with Gasteiger partial charge in [0.05, 0.1) is 5.69 Å². The molecule has 0 unspecified atom stereocenters. The van der Waals surface area contributed by atoms with Gasteiger partial charge in [0.15, 0.2) is 4.96 Å². The summed E-state index contributed by atoms with van der Waals surface area (Å²) in [4.78, 5) is 9.97. The van der Waals surface area contributed by atoms with Gasteiger partial charge in [0.1, 0.15) is 0 Å². The zero-order valence-corrected chi connectivity index (χ0v) is 14.7. The Hall–Kier alpha value is -2.43. The second kappa shape index (κ2) is 6.14. The van der Waals surface area contributed by atoms with Gasteiger partial charge in [-0.3, -0.25) is 9.30 Å². The number of rotatable bonds is 3. The van der Waals surface area contributed by atoms with Crippen molar-refractivity contribution in [3.8, 4) is 11.3 Å². The summed E-state index contributed by atoms with van der Waals surface area (Å²) in [5.74, 6) is 0. The second-order valence-corrected chi connectivity index (χ2v) is 7.63. The summed E-state index contributed by atoms with van der Waals surface area (Å²) in [6.45, 7) is 3.15. The number of benzene rings is 2. The first-order valence-corrected chi connectivity index (χ1v) is 9.50. The van der Waals surface area contributed by atoms with Crippen molar-refractivity contribution < 1.29 is 0 Å². The van der Waals surface area contributed by atoms with Crippen LogP contribution in [-0.4, -0.2) is 20.8 Å². The number of aromatic nitrogens is 2. The van der Waals surface area contributed by atoms with Gasteiger partial charge in [0.2, 0.25) is 0 Å². The second-order valence-electron chi connectivity index (χ2n) is 6.56. The Morgan fingerprint density at radius 1 is 0.960 bits per heavy atom. The predicted octanol–water partition coefficient (Wildman–Crippen LogP) is 4.62.